The van der Waals surface area contributed by atoms with Gasteiger partial charge in [0, 0.05) is 19.6 Å². The number of benzene rings is 1. The molecule has 3 nitrogen and oxygen atoms in total. The highest BCUT2D eigenvalue weighted by Gasteiger charge is 2.19. The molecule has 0 bridgehead atoms. The Morgan fingerprint density at radius 3 is 2.60 bits per heavy atom. The summed E-state index contributed by atoms with van der Waals surface area (Å²) in [5.74, 6) is -0.463. The molecule has 1 rings (SSSR count). The Morgan fingerprint density at radius 1 is 1.25 bits per heavy atom. The number of nitrogens with one attached hydrogen (secondary N) is 1. The van der Waals surface area contributed by atoms with Crippen LogP contribution in [0.4, 0.5) is 10.1 Å². The molecule has 112 valence electrons. The van der Waals surface area contributed by atoms with Crippen molar-refractivity contribution in [2.75, 3.05) is 25.0 Å². The smallest absolute Gasteiger partial charge is 0.256 e. The molecule has 0 radical (unpaired) electrons. The molecule has 20 heavy (non-hydrogen) atoms. The number of halogens is 1. The van der Waals surface area contributed by atoms with Crippen molar-refractivity contribution < 1.29 is 9.18 Å². The van der Waals surface area contributed by atoms with Crippen molar-refractivity contribution in [3.05, 3.63) is 29.6 Å². The molecular formula is C16H25FN2O. The molecule has 1 aromatic rings. The monoisotopic (exact) mass is 280 g/mol. The van der Waals surface area contributed by atoms with Gasteiger partial charge in [0.15, 0.2) is 0 Å². The molecule has 0 spiro atoms. The molecule has 1 N–H and O–H groups in total. The van der Waals surface area contributed by atoms with E-state index in [1.54, 1.807) is 17.0 Å². The molecule has 0 aliphatic carbocycles. The molecule has 1 aromatic carbocycles. The van der Waals surface area contributed by atoms with E-state index in [-0.39, 0.29) is 11.7 Å². The van der Waals surface area contributed by atoms with Crippen molar-refractivity contribution in [3.63, 3.8) is 0 Å². The summed E-state index contributed by atoms with van der Waals surface area (Å²) in [6.07, 6.45) is 2.88. The van der Waals surface area contributed by atoms with E-state index in [0.29, 0.717) is 24.3 Å². The van der Waals surface area contributed by atoms with Crippen LogP contribution in [0.3, 0.4) is 0 Å². The average molecular weight is 280 g/mol. The first-order valence-electron chi connectivity index (χ1n) is 7.47. The molecule has 0 saturated heterocycles. The number of unbranched alkanes of at least 4 members (excludes halogenated alkanes) is 1. The molecule has 0 heterocycles. The van der Waals surface area contributed by atoms with Gasteiger partial charge in [0.1, 0.15) is 5.82 Å². The summed E-state index contributed by atoms with van der Waals surface area (Å²) in [5, 5.41) is 3.02. The number of carbonyl (C=O) groups excluding carboxylic acids is 1. The van der Waals surface area contributed by atoms with Gasteiger partial charge < -0.3 is 10.2 Å². The van der Waals surface area contributed by atoms with Crippen molar-refractivity contribution in [3.8, 4) is 0 Å². The van der Waals surface area contributed by atoms with Gasteiger partial charge in [0.2, 0.25) is 0 Å². The highest BCUT2D eigenvalue weighted by atomic mass is 19.1. The van der Waals surface area contributed by atoms with E-state index in [1.165, 1.54) is 6.07 Å². The Hall–Kier alpha value is -1.58. The van der Waals surface area contributed by atoms with Gasteiger partial charge in [0.05, 0.1) is 11.3 Å². The number of para-hydroxylation sites is 1. The van der Waals surface area contributed by atoms with Crippen molar-refractivity contribution >= 4 is 11.6 Å². The second kappa shape index (κ2) is 8.56. The maximum atomic E-state index is 13.9. The minimum Gasteiger partial charge on any atom is -0.382 e. The van der Waals surface area contributed by atoms with Crippen LogP contribution in [0.1, 0.15) is 50.4 Å². The third-order valence-electron chi connectivity index (χ3n) is 3.25. The first kappa shape index (κ1) is 16.5. The third kappa shape index (κ3) is 4.22. The van der Waals surface area contributed by atoms with Crippen LogP contribution in [-0.2, 0) is 0 Å². The third-order valence-corrected chi connectivity index (χ3v) is 3.25. The average Bonchev–Trinajstić information content (AvgIpc) is 2.46. The minimum atomic E-state index is -0.365. The second-order valence-electron chi connectivity index (χ2n) is 4.83. The molecule has 0 aliphatic rings. The summed E-state index contributed by atoms with van der Waals surface area (Å²) < 4.78 is 13.9. The lowest BCUT2D eigenvalue weighted by molar-refractivity contribution is 0.0763. The van der Waals surface area contributed by atoms with Gasteiger partial charge in [-0.1, -0.05) is 26.3 Å². The van der Waals surface area contributed by atoms with Crippen LogP contribution >= 0.6 is 0 Å². The maximum Gasteiger partial charge on any atom is 0.256 e. The van der Waals surface area contributed by atoms with Crippen molar-refractivity contribution in [1.82, 2.24) is 4.90 Å². The van der Waals surface area contributed by atoms with Crippen LogP contribution in [0.25, 0.3) is 0 Å². The predicted molar refractivity (Wildman–Crippen MR) is 81.7 cm³/mol. The zero-order chi connectivity index (χ0) is 15.0. The maximum absolute atomic E-state index is 13.9. The highest BCUT2D eigenvalue weighted by molar-refractivity contribution is 5.99. The normalized spacial score (nSPS) is 10.4. The summed E-state index contributed by atoms with van der Waals surface area (Å²) in [5.41, 5.74) is 0.755. The summed E-state index contributed by atoms with van der Waals surface area (Å²) in [4.78, 5) is 14.3. The fourth-order valence-corrected chi connectivity index (χ4v) is 2.05. The summed E-state index contributed by atoms with van der Waals surface area (Å²) in [7, 11) is 0. The Bertz CT molecular complexity index is 434. The number of amides is 1. The van der Waals surface area contributed by atoms with Gasteiger partial charge >= 0.3 is 0 Å². The number of hydrogen-bond donors (Lipinski definition) is 1. The largest absolute Gasteiger partial charge is 0.382 e. The predicted octanol–water partition coefficient (Wildman–Crippen LogP) is 3.91. The first-order valence-corrected chi connectivity index (χ1v) is 7.47. The number of anilines is 1. The quantitative estimate of drug-likeness (QED) is 0.783. The fourth-order valence-electron chi connectivity index (χ4n) is 2.05. The van der Waals surface area contributed by atoms with E-state index in [2.05, 4.69) is 12.2 Å². The van der Waals surface area contributed by atoms with E-state index in [4.69, 9.17) is 0 Å². The molecule has 1 amide bonds. The van der Waals surface area contributed by atoms with E-state index >= 15 is 0 Å². The fraction of sp³-hybridized carbons (Fsp3) is 0.562. The summed E-state index contributed by atoms with van der Waals surface area (Å²) >= 11 is 0. The Kier molecular flexibility index (Phi) is 7.05. The SMILES string of the molecule is CCCCN(CC)C(=O)c1cccc(F)c1NCCC. The Morgan fingerprint density at radius 2 is 2.00 bits per heavy atom. The lowest BCUT2D eigenvalue weighted by Gasteiger charge is -2.22. The van der Waals surface area contributed by atoms with Crippen LogP contribution < -0.4 is 5.32 Å². The van der Waals surface area contributed by atoms with Crippen LogP contribution in [0.15, 0.2) is 18.2 Å². The van der Waals surface area contributed by atoms with Crippen LogP contribution in [0, 0.1) is 5.82 Å². The van der Waals surface area contributed by atoms with Crippen molar-refractivity contribution in [2.45, 2.75) is 40.0 Å². The molecule has 0 aliphatic heterocycles. The Labute approximate surface area is 121 Å². The van der Waals surface area contributed by atoms with Crippen molar-refractivity contribution in [2.24, 2.45) is 0 Å². The molecule has 0 fully saturated rings. The van der Waals surface area contributed by atoms with Gasteiger partial charge in [-0.2, -0.15) is 0 Å². The van der Waals surface area contributed by atoms with E-state index in [0.717, 1.165) is 25.8 Å². The van der Waals surface area contributed by atoms with Gasteiger partial charge in [-0.3, -0.25) is 4.79 Å². The molecule has 4 heteroatoms. The van der Waals surface area contributed by atoms with Crippen molar-refractivity contribution in [1.29, 1.82) is 0 Å². The second-order valence-corrected chi connectivity index (χ2v) is 4.83. The van der Waals surface area contributed by atoms with Crippen LogP contribution in [-0.4, -0.2) is 30.4 Å². The van der Waals surface area contributed by atoms with Crippen LogP contribution in [0.5, 0.6) is 0 Å². The van der Waals surface area contributed by atoms with Gasteiger partial charge in [-0.05, 0) is 31.9 Å². The summed E-state index contributed by atoms with van der Waals surface area (Å²) in [6.45, 7) is 8.07. The number of nitrogens with zero attached hydrogens (tertiary/aromatic N) is 1. The van der Waals surface area contributed by atoms with Gasteiger partial charge in [0.25, 0.3) is 5.91 Å². The van der Waals surface area contributed by atoms with Crippen LogP contribution in [0.2, 0.25) is 0 Å². The lowest BCUT2D eigenvalue weighted by Crippen LogP contribution is -2.32. The standard InChI is InChI=1S/C16H25FN2O/c1-4-7-12-19(6-3)16(20)13-9-8-10-14(17)15(13)18-11-5-2/h8-10,18H,4-7,11-12H2,1-3H3. The number of rotatable bonds is 8. The number of carbonyl (C=O) groups is 1. The highest BCUT2D eigenvalue weighted by Crippen LogP contribution is 2.21. The van der Waals surface area contributed by atoms with Gasteiger partial charge in [-0.25, -0.2) is 4.39 Å². The molecular weight excluding hydrogens is 255 g/mol. The van der Waals surface area contributed by atoms with E-state index in [9.17, 15) is 9.18 Å². The minimum absolute atomic E-state index is 0.0981. The molecule has 0 aromatic heterocycles. The molecule has 0 atom stereocenters. The zero-order valence-electron chi connectivity index (χ0n) is 12.7. The zero-order valence-corrected chi connectivity index (χ0v) is 12.7. The lowest BCUT2D eigenvalue weighted by atomic mass is 10.1. The Balaban J connectivity index is 2.98. The first-order chi connectivity index (χ1) is 9.65. The molecule has 0 saturated carbocycles. The molecule has 0 unspecified atom stereocenters. The van der Waals surface area contributed by atoms with Gasteiger partial charge in [-0.15, -0.1) is 0 Å². The summed E-state index contributed by atoms with van der Waals surface area (Å²) in [6, 6.07) is 4.67. The number of hydrogen-bond acceptors (Lipinski definition) is 2. The van der Waals surface area contributed by atoms with E-state index in [1.807, 2.05) is 13.8 Å². The topological polar surface area (TPSA) is 32.3 Å². The van der Waals surface area contributed by atoms with E-state index < -0.39 is 0 Å².